The van der Waals surface area contributed by atoms with Gasteiger partial charge in [0, 0.05) is 6.54 Å². The van der Waals surface area contributed by atoms with Gasteiger partial charge in [0.1, 0.15) is 6.04 Å². The molecule has 0 saturated heterocycles. The number of carboxylic acids is 1. The topological polar surface area (TPSA) is 92.4 Å². The number of rotatable bonds is 5. The van der Waals surface area contributed by atoms with Gasteiger partial charge in [0.05, 0.1) is 5.41 Å². The SMILES string of the molecule is NCC1(C(=O)NC(C(=O)O)C2CC2)CCC1. The molecule has 0 aromatic heterocycles. The van der Waals surface area contributed by atoms with Crippen molar-refractivity contribution in [2.75, 3.05) is 6.54 Å². The third-order valence-electron chi connectivity index (χ3n) is 3.83. The molecule has 1 atom stereocenters. The van der Waals surface area contributed by atoms with Gasteiger partial charge in [-0.2, -0.15) is 0 Å². The van der Waals surface area contributed by atoms with Crippen molar-refractivity contribution in [2.24, 2.45) is 17.1 Å². The van der Waals surface area contributed by atoms with Crippen LogP contribution in [-0.2, 0) is 9.59 Å². The summed E-state index contributed by atoms with van der Waals surface area (Å²) in [5.41, 5.74) is 5.12. The molecule has 0 aromatic rings. The Morgan fingerprint density at radius 1 is 1.44 bits per heavy atom. The third-order valence-corrected chi connectivity index (χ3v) is 3.83. The summed E-state index contributed by atoms with van der Waals surface area (Å²) in [4.78, 5) is 23.0. The summed E-state index contributed by atoms with van der Waals surface area (Å²) in [7, 11) is 0. The van der Waals surface area contributed by atoms with E-state index in [0.29, 0.717) is 6.54 Å². The van der Waals surface area contributed by atoms with Gasteiger partial charge in [-0.15, -0.1) is 0 Å². The summed E-state index contributed by atoms with van der Waals surface area (Å²) in [5.74, 6) is -0.973. The molecule has 16 heavy (non-hydrogen) atoms. The molecule has 90 valence electrons. The first-order valence-corrected chi connectivity index (χ1v) is 5.83. The fourth-order valence-corrected chi connectivity index (χ4v) is 2.23. The zero-order valence-corrected chi connectivity index (χ0v) is 9.24. The van der Waals surface area contributed by atoms with Gasteiger partial charge in [0.2, 0.25) is 5.91 Å². The molecule has 0 spiro atoms. The van der Waals surface area contributed by atoms with Crippen molar-refractivity contribution in [1.82, 2.24) is 5.32 Å². The van der Waals surface area contributed by atoms with Gasteiger partial charge in [-0.1, -0.05) is 6.42 Å². The van der Waals surface area contributed by atoms with Crippen molar-refractivity contribution in [3.05, 3.63) is 0 Å². The van der Waals surface area contributed by atoms with Crippen LogP contribution in [0, 0.1) is 11.3 Å². The third kappa shape index (κ3) is 1.91. The van der Waals surface area contributed by atoms with Crippen LogP contribution in [0.15, 0.2) is 0 Å². The Balaban J connectivity index is 1.97. The first kappa shape index (κ1) is 11.4. The zero-order chi connectivity index (χ0) is 11.8. The predicted molar refractivity (Wildman–Crippen MR) is 57.6 cm³/mol. The highest BCUT2D eigenvalue weighted by atomic mass is 16.4. The molecule has 1 unspecified atom stereocenters. The van der Waals surface area contributed by atoms with Gasteiger partial charge >= 0.3 is 5.97 Å². The maximum absolute atomic E-state index is 12.0. The van der Waals surface area contributed by atoms with Crippen molar-refractivity contribution in [3.8, 4) is 0 Å². The number of carbonyl (C=O) groups is 2. The van der Waals surface area contributed by atoms with Gasteiger partial charge in [-0.05, 0) is 31.6 Å². The zero-order valence-electron chi connectivity index (χ0n) is 9.24. The van der Waals surface area contributed by atoms with E-state index in [-0.39, 0.29) is 11.8 Å². The van der Waals surface area contributed by atoms with Crippen molar-refractivity contribution in [3.63, 3.8) is 0 Å². The number of nitrogens with two attached hydrogens (primary N) is 1. The number of hydrogen-bond acceptors (Lipinski definition) is 3. The molecule has 2 fully saturated rings. The standard InChI is InChI=1S/C11H18N2O3/c12-6-11(4-1-5-11)10(16)13-8(9(14)15)7-2-3-7/h7-8H,1-6,12H2,(H,13,16)(H,14,15). The summed E-state index contributed by atoms with van der Waals surface area (Å²) >= 11 is 0. The van der Waals surface area contributed by atoms with E-state index < -0.39 is 17.4 Å². The summed E-state index contributed by atoms with van der Waals surface area (Å²) in [6.45, 7) is 0.315. The van der Waals surface area contributed by atoms with Crippen LogP contribution in [-0.4, -0.2) is 29.6 Å². The average molecular weight is 226 g/mol. The minimum Gasteiger partial charge on any atom is -0.480 e. The van der Waals surface area contributed by atoms with E-state index in [0.717, 1.165) is 32.1 Å². The molecule has 2 rings (SSSR count). The van der Waals surface area contributed by atoms with Crippen LogP contribution in [0.5, 0.6) is 0 Å². The lowest BCUT2D eigenvalue weighted by Crippen LogP contribution is -2.55. The van der Waals surface area contributed by atoms with Crippen molar-refractivity contribution in [1.29, 1.82) is 0 Å². The smallest absolute Gasteiger partial charge is 0.326 e. The summed E-state index contributed by atoms with van der Waals surface area (Å²) in [6.07, 6.45) is 4.37. The van der Waals surface area contributed by atoms with Crippen LogP contribution in [0.2, 0.25) is 0 Å². The molecule has 0 aromatic carbocycles. The minimum atomic E-state index is -0.928. The summed E-state index contributed by atoms with van der Waals surface area (Å²) in [5, 5.41) is 11.7. The monoisotopic (exact) mass is 226 g/mol. The van der Waals surface area contributed by atoms with Crippen LogP contribution < -0.4 is 11.1 Å². The molecular weight excluding hydrogens is 208 g/mol. The second-order valence-corrected chi connectivity index (χ2v) is 4.96. The molecule has 5 nitrogen and oxygen atoms in total. The number of carbonyl (C=O) groups excluding carboxylic acids is 1. The number of nitrogens with one attached hydrogen (secondary N) is 1. The highest BCUT2D eigenvalue weighted by Crippen LogP contribution is 2.41. The van der Waals surface area contributed by atoms with Crippen LogP contribution in [0.4, 0.5) is 0 Å². The molecule has 5 heteroatoms. The van der Waals surface area contributed by atoms with Gasteiger partial charge in [-0.25, -0.2) is 4.79 Å². The largest absolute Gasteiger partial charge is 0.480 e. The van der Waals surface area contributed by atoms with E-state index in [4.69, 9.17) is 10.8 Å². The highest BCUT2D eigenvalue weighted by Gasteiger charge is 2.46. The fourth-order valence-electron chi connectivity index (χ4n) is 2.23. The Morgan fingerprint density at radius 3 is 2.38 bits per heavy atom. The Kier molecular flexibility index (Phi) is 2.88. The molecule has 0 heterocycles. The molecule has 2 aliphatic rings. The maximum Gasteiger partial charge on any atom is 0.326 e. The lowest BCUT2D eigenvalue weighted by atomic mass is 9.68. The minimum absolute atomic E-state index is 0.122. The van der Waals surface area contributed by atoms with Gasteiger partial charge < -0.3 is 16.2 Å². The summed E-state index contributed by atoms with van der Waals surface area (Å²) < 4.78 is 0. The number of amides is 1. The lowest BCUT2D eigenvalue weighted by Gasteiger charge is -2.39. The van der Waals surface area contributed by atoms with Crippen molar-refractivity contribution in [2.45, 2.75) is 38.1 Å². The van der Waals surface area contributed by atoms with Crippen molar-refractivity contribution >= 4 is 11.9 Å². The van der Waals surface area contributed by atoms with E-state index in [1.165, 1.54) is 0 Å². The van der Waals surface area contributed by atoms with Crippen LogP contribution in [0.3, 0.4) is 0 Å². The number of aliphatic carboxylic acids is 1. The molecule has 0 radical (unpaired) electrons. The molecule has 0 bridgehead atoms. The van der Waals surface area contributed by atoms with Gasteiger partial charge in [0.25, 0.3) is 0 Å². The fraction of sp³-hybridized carbons (Fsp3) is 0.818. The Bertz CT molecular complexity index is 303. The Hall–Kier alpha value is -1.10. The molecule has 2 saturated carbocycles. The van der Waals surface area contributed by atoms with E-state index >= 15 is 0 Å². The highest BCUT2D eigenvalue weighted by molar-refractivity contribution is 5.88. The first-order valence-electron chi connectivity index (χ1n) is 5.83. The normalized spacial score (nSPS) is 24.3. The Labute approximate surface area is 94.4 Å². The summed E-state index contributed by atoms with van der Waals surface area (Å²) in [6, 6.07) is -0.712. The number of carboxylic acid groups (broad SMARTS) is 1. The van der Waals surface area contributed by atoms with Crippen LogP contribution in [0.1, 0.15) is 32.1 Å². The van der Waals surface area contributed by atoms with Crippen LogP contribution in [0.25, 0.3) is 0 Å². The van der Waals surface area contributed by atoms with E-state index in [2.05, 4.69) is 5.32 Å². The van der Waals surface area contributed by atoms with Gasteiger partial charge in [0.15, 0.2) is 0 Å². The molecule has 1 amide bonds. The molecular formula is C11H18N2O3. The molecule has 0 aliphatic heterocycles. The van der Waals surface area contributed by atoms with Gasteiger partial charge in [-0.3, -0.25) is 4.79 Å². The Morgan fingerprint density at radius 2 is 2.06 bits per heavy atom. The number of hydrogen-bond donors (Lipinski definition) is 3. The average Bonchev–Trinajstić information content (AvgIpc) is 2.96. The van der Waals surface area contributed by atoms with Crippen molar-refractivity contribution < 1.29 is 14.7 Å². The van der Waals surface area contributed by atoms with E-state index in [1.54, 1.807) is 0 Å². The van der Waals surface area contributed by atoms with E-state index in [9.17, 15) is 9.59 Å². The second-order valence-electron chi connectivity index (χ2n) is 4.96. The van der Waals surface area contributed by atoms with E-state index in [1.807, 2.05) is 0 Å². The maximum atomic E-state index is 12.0. The molecule has 4 N–H and O–H groups in total. The quantitative estimate of drug-likeness (QED) is 0.619. The van der Waals surface area contributed by atoms with Crippen LogP contribution >= 0.6 is 0 Å². The predicted octanol–water partition coefficient (Wildman–Crippen LogP) is 0.0948. The molecule has 2 aliphatic carbocycles. The second kappa shape index (κ2) is 4.05. The lowest BCUT2D eigenvalue weighted by molar-refractivity contribution is -0.146. The first-order chi connectivity index (χ1) is 7.59.